The number of carbonyl (C=O) groups is 1. The first-order valence-electron chi connectivity index (χ1n) is 12.2. The van der Waals surface area contributed by atoms with Gasteiger partial charge in [-0.1, -0.05) is 0 Å². The highest BCUT2D eigenvalue weighted by Crippen LogP contribution is 2.36. The summed E-state index contributed by atoms with van der Waals surface area (Å²) in [5, 5.41) is 130. The fraction of sp³-hybridized carbons (Fsp3) is 0.952. The molecule has 3 rings (SSSR count). The predicted molar refractivity (Wildman–Crippen MR) is 118 cm³/mol. The molecule has 19 heteroatoms. The lowest BCUT2D eigenvalue weighted by Gasteiger charge is -2.48. The van der Waals surface area contributed by atoms with Crippen molar-refractivity contribution < 1.29 is 94.9 Å². The molecule has 16 atom stereocenters. The number of aliphatic hydroxyl groups is 12. The summed E-state index contributed by atoms with van der Waals surface area (Å²) in [5.74, 6) is -5.11. The molecule has 0 aromatic rings. The van der Waals surface area contributed by atoms with Crippen molar-refractivity contribution in [2.24, 2.45) is 0 Å². The molecule has 0 aromatic carbocycles. The SMILES string of the molecule is O=C(O)[C@@]1(O)C[C@@H](O[C@H]2O[C@H]([C@@H](O)CO)[C@@H](O)[C@H](O)[C@@H]2O)[C@@H](O)[C@@H]([C@@H](CO)O[C@H]2O[C@H](CO)[C@H](O)[C@H](O)[C@H]2O)O1. The Morgan fingerprint density at radius 3 is 1.95 bits per heavy atom. The van der Waals surface area contributed by atoms with Gasteiger partial charge in [-0.25, -0.2) is 4.79 Å². The van der Waals surface area contributed by atoms with E-state index >= 15 is 0 Å². The van der Waals surface area contributed by atoms with Crippen molar-refractivity contribution in [3.8, 4) is 0 Å². The highest BCUT2D eigenvalue weighted by atomic mass is 16.7. The predicted octanol–water partition coefficient (Wildman–Crippen LogP) is -8.37. The van der Waals surface area contributed by atoms with Gasteiger partial charge < -0.3 is 90.1 Å². The minimum atomic E-state index is -3.12. The molecule has 19 nitrogen and oxygen atoms in total. The fourth-order valence-corrected chi connectivity index (χ4v) is 4.67. The van der Waals surface area contributed by atoms with Crippen LogP contribution in [0.25, 0.3) is 0 Å². The van der Waals surface area contributed by atoms with E-state index < -0.39 is 130 Å². The average molecular weight is 593 g/mol. The van der Waals surface area contributed by atoms with Crippen LogP contribution in [0.4, 0.5) is 0 Å². The maximum Gasteiger partial charge on any atom is 0.364 e. The topological polar surface area (TPSA) is 326 Å². The van der Waals surface area contributed by atoms with Gasteiger partial charge in [0.2, 0.25) is 0 Å². The van der Waals surface area contributed by atoms with E-state index in [-0.39, 0.29) is 0 Å². The van der Waals surface area contributed by atoms with Crippen LogP contribution in [0, 0.1) is 0 Å². The molecule has 3 fully saturated rings. The second kappa shape index (κ2) is 13.4. The molecule has 0 aliphatic carbocycles. The molecule has 234 valence electrons. The Balaban J connectivity index is 1.85. The minimum Gasteiger partial charge on any atom is -0.477 e. The summed E-state index contributed by atoms with van der Waals surface area (Å²) in [6.07, 6.45) is -29.0. The van der Waals surface area contributed by atoms with E-state index in [1.165, 1.54) is 0 Å². The normalized spacial score (nSPS) is 48.0. The van der Waals surface area contributed by atoms with Crippen molar-refractivity contribution in [3.63, 3.8) is 0 Å². The molecule has 3 saturated heterocycles. The van der Waals surface area contributed by atoms with Crippen molar-refractivity contribution in [3.05, 3.63) is 0 Å². The van der Waals surface area contributed by atoms with E-state index in [1.807, 2.05) is 0 Å². The third-order valence-corrected chi connectivity index (χ3v) is 7.05. The third kappa shape index (κ3) is 6.55. The zero-order valence-corrected chi connectivity index (χ0v) is 20.8. The van der Waals surface area contributed by atoms with Crippen molar-refractivity contribution in [1.82, 2.24) is 0 Å². The summed E-state index contributed by atoms with van der Waals surface area (Å²) >= 11 is 0. The van der Waals surface area contributed by atoms with Crippen LogP contribution in [0.5, 0.6) is 0 Å². The largest absolute Gasteiger partial charge is 0.477 e. The highest BCUT2D eigenvalue weighted by molar-refractivity contribution is 5.75. The van der Waals surface area contributed by atoms with Gasteiger partial charge in [-0.05, 0) is 0 Å². The van der Waals surface area contributed by atoms with Gasteiger partial charge in [0.15, 0.2) is 12.6 Å². The first-order chi connectivity index (χ1) is 18.7. The van der Waals surface area contributed by atoms with E-state index in [2.05, 4.69) is 0 Å². The number of carboxylic acids is 1. The maximum atomic E-state index is 11.8. The Bertz CT molecular complexity index is 832. The lowest BCUT2D eigenvalue weighted by molar-refractivity contribution is -0.371. The van der Waals surface area contributed by atoms with Crippen LogP contribution in [0.15, 0.2) is 0 Å². The molecule has 3 aliphatic heterocycles. The van der Waals surface area contributed by atoms with Crippen molar-refractivity contribution in [2.45, 2.75) is 104 Å². The van der Waals surface area contributed by atoms with Gasteiger partial charge in [0.25, 0.3) is 5.79 Å². The van der Waals surface area contributed by atoms with E-state index in [9.17, 15) is 71.2 Å². The number of aliphatic hydroxyl groups excluding tert-OH is 11. The van der Waals surface area contributed by atoms with Crippen LogP contribution >= 0.6 is 0 Å². The minimum absolute atomic E-state index is 0.831. The smallest absolute Gasteiger partial charge is 0.364 e. The van der Waals surface area contributed by atoms with E-state index in [1.54, 1.807) is 0 Å². The van der Waals surface area contributed by atoms with Crippen molar-refractivity contribution in [1.29, 1.82) is 0 Å². The summed E-state index contributed by atoms with van der Waals surface area (Å²) < 4.78 is 26.3. The average Bonchev–Trinajstić information content (AvgIpc) is 2.93. The zero-order valence-electron chi connectivity index (χ0n) is 20.8. The molecule has 0 radical (unpaired) electrons. The number of hydrogen-bond donors (Lipinski definition) is 13. The van der Waals surface area contributed by atoms with Crippen LogP contribution in [0.1, 0.15) is 6.42 Å². The quantitative estimate of drug-likeness (QED) is 0.112. The van der Waals surface area contributed by atoms with Crippen LogP contribution in [-0.4, -0.2) is 190 Å². The maximum absolute atomic E-state index is 11.8. The van der Waals surface area contributed by atoms with E-state index in [0.29, 0.717) is 0 Å². The Hall–Kier alpha value is -1.21. The van der Waals surface area contributed by atoms with Gasteiger partial charge in [-0.15, -0.1) is 0 Å². The summed E-state index contributed by atoms with van der Waals surface area (Å²) in [5.41, 5.74) is 0. The van der Waals surface area contributed by atoms with Crippen molar-refractivity contribution in [2.75, 3.05) is 19.8 Å². The number of rotatable bonds is 10. The second-order valence-corrected chi connectivity index (χ2v) is 9.79. The standard InChI is InChI=1S/C21H36O19/c22-2-5(25)16-13(30)12(29)15(32)19(39-16)36-6-1-21(35,20(33)34)40-17(10(6)27)8(4-24)38-18-14(31)11(28)9(26)7(3-23)37-18/h5-19,22-32,35H,1-4H2,(H,33,34)/t5-,6+,7+,8+,9-,10+,11-,12-,13-,14+,15-,16+,17+,18+,19-,21+/m0/s1. The van der Waals surface area contributed by atoms with Gasteiger partial charge >= 0.3 is 5.97 Å². The van der Waals surface area contributed by atoms with Crippen LogP contribution in [0.3, 0.4) is 0 Å². The van der Waals surface area contributed by atoms with Gasteiger partial charge in [-0.3, -0.25) is 0 Å². The lowest BCUT2D eigenvalue weighted by atomic mass is 9.91. The van der Waals surface area contributed by atoms with Gasteiger partial charge in [0.1, 0.15) is 73.2 Å². The molecule has 3 aliphatic rings. The molecule has 13 N–H and O–H groups in total. The molecule has 0 bridgehead atoms. The Morgan fingerprint density at radius 2 is 1.40 bits per heavy atom. The molecule has 0 aromatic heterocycles. The molecule has 0 unspecified atom stereocenters. The summed E-state index contributed by atoms with van der Waals surface area (Å²) in [6, 6.07) is 0. The summed E-state index contributed by atoms with van der Waals surface area (Å²) in [6.45, 7) is -2.86. The summed E-state index contributed by atoms with van der Waals surface area (Å²) in [7, 11) is 0. The van der Waals surface area contributed by atoms with Crippen LogP contribution in [0.2, 0.25) is 0 Å². The molecule has 0 saturated carbocycles. The number of carboxylic acid groups (broad SMARTS) is 1. The molecule has 3 heterocycles. The zero-order chi connectivity index (χ0) is 30.1. The monoisotopic (exact) mass is 592 g/mol. The molecular formula is C21H36O19. The third-order valence-electron chi connectivity index (χ3n) is 7.05. The fourth-order valence-electron chi connectivity index (χ4n) is 4.67. The number of hydrogen-bond acceptors (Lipinski definition) is 18. The van der Waals surface area contributed by atoms with Gasteiger partial charge in [0, 0.05) is 6.42 Å². The van der Waals surface area contributed by atoms with E-state index in [0.717, 1.165) is 0 Å². The first-order valence-corrected chi connectivity index (χ1v) is 12.2. The van der Waals surface area contributed by atoms with Crippen LogP contribution < -0.4 is 0 Å². The van der Waals surface area contributed by atoms with Crippen molar-refractivity contribution >= 4 is 5.97 Å². The van der Waals surface area contributed by atoms with Crippen LogP contribution in [-0.2, 0) is 28.5 Å². The molecule has 40 heavy (non-hydrogen) atoms. The lowest BCUT2D eigenvalue weighted by Crippen LogP contribution is -2.67. The van der Waals surface area contributed by atoms with Gasteiger partial charge in [0.05, 0.1) is 25.9 Å². The molecular weight excluding hydrogens is 556 g/mol. The molecule has 0 spiro atoms. The number of ether oxygens (including phenoxy) is 5. The highest BCUT2D eigenvalue weighted by Gasteiger charge is 2.57. The summed E-state index contributed by atoms with van der Waals surface area (Å²) in [4.78, 5) is 11.8. The second-order valence-electron chi connectivity index (χ2n) is 9.79. The first kappa shape index (κ1) is 33.3. The Kier molecular flexibility index (Phi) is 11.2. The molecule has 0 amide bonds. The van der Waals surface area contributed by atoms with E-state index in [4.69, 9.17) is 23.7 Å². The Labute approximate surface area is 225 Å². The van der Waals surface area contributed by atoms with Gasteiger partial charge in [-0.2, -0.15) is 0 Å². The number of aliphatic carboxylic acids is 1. The Morgan fingerprint density at radius 1 is 0.800 bits per heavy atom.